The fourth-order valence-corrected chi connectivity index (χ4v) is 7.63. The van der Waals surface area contributed by atoms with E-state index in [-0.39, 0.29) is 12.0 Å². The average Bonchev–Trinajstić information content (AvgIpc) is 3.17. The number of piperidine rings is 2. The summed E-state index contributed by atoms with van der Waals surface area (Å²) in [6.07, 6.45) is 5.49. The molecule has 1 aromatic rings. The highest BCUT2D eigenvalue weighted by molar-refractivity contribution is 5.98. The number of nitrogens with zero attached hydrogens (tertiary/aromatic N) is 2. The molecule has 134 valence electrons. The first-order valence-electron chi connectivity index (χ1n) is 10.3. The van der Waals surface area contributed by atoms with Gasteiger partial charge in [0.25, 0.3) is 0 Å². The number of fused-ring (bicyclic) bond motifs is 4. The Bertz CT molecular complexity index is 848. The highest BCUT2D eigenvalue weighted by Gasteiger charge is 2.65. The lowest BCUT2D eigenvalue weighted by Crippen LogP contribution is -2.65. The predicted molar refractivity (Wildman–Crippen MR) is 98.0 cm³/mol. The summed E-state index contributed by atoms with van der Waals surface area (Å²) in [4.78, 5) is 18.1. The van der Waals surface area contributed by atoms with Gasteiger partial charge in [-0.05, 0) is 36.9 Å². The van der Waals surface area contributed by atoms with E-state index >= 15 is 0 Å². The third-order valence-electron chi connectivity index (χ3n) is 8.32. The number of hydrogen-bond donors (Lipinski definition) is 0. The van der Waals surface area contributed by atoms with Crippen LogP contribution in [0.5, 0.6) is 0 Å². The standard InChI is InChI=1S/C22H24N2O2/c25-17-11-16-20-18-12(7-10-26-16)5-8-23-9-6-14(21(18)23)19-13-3-1-2-4-15(13)24(17)22(19)20/h1-4,7,14,16,18-22H,5-6,8-11H2. The minimum absolute atomic E-state index is 0.0980. The summed E-state index contributed by atoms with van der Waals surface area (Å²) < 4.78 is 6.29. The molecule has 3 saturated heterocycles. The zero-order chi connectivity index (χ0) is 17.0. The molecule has 26 heavy (non-hydrogen) atoms. The fraction of sp³-hybridized carbons (Fsp3) is 0.591. The molecule has 0 radical (unpaired) electrons. The number of benzene rings is 1. The Morgan fingerprint density at radius 1 is 1.08 bits per heavy atom. The maximum absolute atomic E-state index is 13.2. The van der Waals surface area contributed by atoms with Gasteiger partial charge >= 0.3 is 0 Å². The van der Waals surface area contributed by atoms with E-state index in [1.807, 2.05) is 0 Å². The van der Waals surface area contributed by atoms with E-state index < -0.39 is 0 Å². The Morgan fingerprint density at radius 2 is 2.00 bits per heavy atom. The van der Waals surface area contributed by atoms with Crippen molar-refractivity contribution >= 4 is 11.6 Å². The maximum Gasteiger partial charge on any atom is 0.229 e. The van der Waals surface area contributed by atoms with Gasteiger partial charge in [0.2, 0.25) is 5.91 Å². The van der Waals surface area contributed by atoms with E-state index in [2.05, 4.69) is 40.1 Å². The highest BCUT2D eigenvalue weighted by Crippen LogP contribution is 2.62. The third-order valence-corrected chi connectivity index (χ3v) is 8.32. The highest BCUT2D eigenvalue weighted by atomic mass is 16.5. The molecular weight excluding hydrogens is 324 g/mol. The first-order chi connectivity index (χ1) is 12.8. The van der Waals surface area contributed by atoms with E-state index in [4.69, 9.17) is 4.74 Å². The van der Waals surface area contributed by atoms with Crippen LogP contribution in [0.4, 0.5) is 5.69 Å². The second-order valence-electron chi connectivity index (χ2n) is 9.03. The van der Waals surface area contributed by atoms with Crippen molar-refractivity contribution in [2.45, 2.75) is 43.4 Å². The SMILES string of the molecule is O=C1CC2OCC=C3CCN4CCC5C6c7ccccc7N1C6C2C3C54. The minimum atomic E-state index is 0.0980. The van der Waals surface area contributed by atoms with Gasteiger partial charge < -0.3 is 9.64 Å². The van der Waals surface area contributed by atoms with Gasteiger partial charge in [-0.25, -0.2) is 0 Å². The van der Waals surface area contributed by atoms with Crippen LogP contribution in [0.25, 0.3) is 0 Å². The van der Waals surface area contributed by atoms with Gasteiger partial charge in [-0.3, -0.25) is 9.69 Å². The van der Waals surface area contributed by atoms with Gasteiger partial charge in [0, 0.05) is 36.0 Å². The van der Waals surface area contributed by atoms with E-state index in [0.717, 1.165) is 0 Å². The Kier molecular flexibility index (Phi) is 2.65. The lowest BCUT2D eigenvalue weighted by molar-refractivity contribution is -0.131. The smallest absolute Gasteiger partial charge is 0.229 e. The molecule has 0 bridgehead atoms. The molecule has 6 aliphatic rings. The van der Waals surface area contributed by atoms with Crippen molar-refractivity contribution in [3.8, 4) is 0 Å². The summed E-state index contributed by atoms with van der Waals surface area (Å²) in [6, 6.07) is 9.69. The Labute approximate surface area is 153 Å². The molecule has 4 nitrogen and oxygen atoms in total. The summed E-state index contributed by atoms with van der Waals surface area (Å²) >= 11 is 0. The molecule has 4 fully saturated rings. The van der Waals surface area contributed by atoms with Gasteiger partial charge in [-0.2, -0.15) is 0 Å². The molecular formula is C22H24N2O2. The predicted octanol–water partition coefficient (Wildman–Crippen LogP) is 2.55. The monoisotopic (exact) mass is 348 g/mol. The largest absolute Gasteiger partial charge is 0.373 e. The number of para-hydroxylation sites is 1. The van der Waals surface area contributed by atoms with E-state index in [1.54, 1.807) is 5.57 Å². The van der Waals surface area contributed by atoms with E-state index in [0.29, 0.717) is 48.8 Å². The lowest BCUT2D eigenvalue weighted by Gasteiger charge is -2.56. The van der Waals surface area contributed by atoms with Gasteiger partial charge in [-0.1, -0.05) is 29.8 Å². The first-order valence-corrected chi connectivity index (χ1v) is 10.3. The molecule has 0 spiro atoms. The number of amides is 1. The maximum atomic E-state index is 13.2. The van der Waals surface area contributed by atoms with E-state index in [9.17, 15) is 4.79 Å². The number of rotatable bonds is 0. The van der Waals surface area contributed by atoms with Crippen LogP contribution in [-0.2, 0) is 9.53 Å². The molecule has 0 N–H and O–H groups in total. The van der Waals surface area contributed by atoms with Crippen LogP contribution in [0.1, 0.15) is 30.7 Å². The van der Waals surface area contributed by atoms with Crippen molar-refractivity contribution in [1.82, 2.24) is 4.90 Å². The minimum Gasteiger partial charge on any atom is -0.373 e. The molecule has 1 saturated carbocycles. The number of ether oxygens (including phenoxy) is 1. The number of carbonyl (C=O) groups excluding carboxylic acids is 1. The lowest BCUT2D eigenvalue weighted by atomic mass is 9.56. The Morgan fingerprint density at radius 3 is 2.96 bits per heavy atom. The number of hydrogen-bond acceptors (Lipinski definition) is 3. The average molecular weight is 348 g/mol. The normalized spacial score (nSPS) is 45.1. The van der Waals surface area contributed by atoms with Crippen LogP contribution in [-0.4, -0.2) is 48.7 Å². The van der Waals surface area contributed by atoms with Crippen molar-refractivity contribution in [1.29, 1.82) is 0 Å². The summed E-state index contributed by atoms with van der Waals surface area (Å²) in [6.45, 7) is 3.14. The quantitative estimate of drug-likeness (QED) is 0.676. The van der Waals surface area contributed by atoms with Crippen molar-refractivity contribution in [3.05, 3.63) is 41.5 Å². The summed E-state index contributed by atoms with van der Waals surface area (Å²) in [5, 5.41) is 0. The van der Waals surface area contributed by atoms with Crippen molar-refractivity contribution in [3.63, 3.8) is 0 Å². The second kappa shape index (κ2) is 4.79. The van der Waals surface area contributed by atoms with Crippen LogP contribution in [0, 0.1) is 17.8 Å². The molecule has 4 heteroatoms. The van der Waals surface area contributed by atoms with Crippen LogP contribution >= 0.6 is 0 Å². The number of anilines is 1. The van der Waals surface area contributed by atoms with Gasteiger partial charge in [0.15, 0.2) is 0 Å². The van der Waals surface area contributed by atoms with Gasteiger partial charge in [0.05, 0.1) is 25.2 Å². The molecule has 5 heterocycles. The molecule has 7 atom stereocenters. The van der Waals surface area contributed by atoms with Crippen molar-refractivity contribution in [2.75, 3.05) is 24.6 Å². The van der Waals surface area contributed by atoms with Crippen LogP contribution in [0.2, 0.25) is 0 Å². The zero-order valence-electron chi connectivity index (χ0n) is 14.9. The third kappa shape index (κ3) is 1.54. The fourth-order valence-electron chi connectivity index (χ4n) is 7.63. The second-order valence-corrected chi connectivity index (χ2v) is 9.03. The van der Waals surface area contributed by atoms with Gasteiger partial charge in [0.1, 0.15) is 0 Å². The summed E-state index contributed by atoms with van der Waals surface area (Å²) in [5.74, 6) is 2.51. The summed E-state index contributed by atoms with van der Waals surface area (Å²) in [5.41, 5.74) is 4.25. The van der Waals surface area contributed by atoms with E-state index in [1.165, 1.54) is 37.2 Å². The van der Waals surface area contributed by atoms with Gasteiger partial charge in [-0.15, -0.1) is 0 Å². The molecule has 7 rings (SSSR count). The van der Waals surface area contributed by atoms with Crippen molar-refractivity contribution < 1.29 is 9.53 Å². The molecule has 1 aromatic carbocycles. The van der Waals surface area contributed by atoms with Crippen LogP contribution < -0.4 is 4.90 Å². The van der Waals surface area contributed by atoms with Crippen molar-refractivity contribution in [2.24, 2.45) is 17.8 Å². The Balaban J connectivity index is 1.49. The molecule has 7 unspecified atom stereocenters. The molecule has 5 aliphatic heterocycles. The number of carbonyl (C=O) groups is 1. The topological polar surface area (TPSA) is 32.8 Å². The summed E-state index contributed by atoms with van der Waals surface area (Å²) in [7, 11) is 0. The van der Waals surface area contributed by atoms with Crippen LogP contribution in [0.3, 0.4) is 0 Å². The zero-order valence-corrected chi connectivity index (χ0v) is 14.9. The molecule has 0 aromatic heterocycles. The molecule has 1 amide bonds. The Hall–Kier alpha value is -1.65. The van der Waals surface area contributed by atoms with Crippen LogP contribution in [0.15, 0.2) is 35.9 Å². The molecule has 1 aliphatic carbocycles. The first kappa shape index (κ1) is 14.4.